The molecule has 0 aromatic heterocycles. The number of halogens is 14. The summed E-state index contributed by atoms with van der Waals surface area (Å²) in [6, 6.07) is -0.172. The summed E-state index contributed by atoms with van der Waals surface area (Å²) in [7, 11) is 0. The highest BCUT2D eigenvalue weighted by atomic mass is 35.5. The van der Waals surface area contributed by atoms with Crippen LogP contribution in [-0.4, -0.2) is 34.2 Å². The predicted octanol–water partition coefficient (Wildman–Crippen LogP) is 7.39. The molecule has 0 unspecified atom stereocenters. The molecule has 1 aromatic carbocycles. The minimum absolute atomic E-state index is 0.0657. The van der Waals surface area contributed by atoms with Crippen molar-refractivity contribution in [1.29, 1.82) is 0 Å². The van der Waals surface area contributed by atoms with Gasteiger partial charge in [-0.25, -0.2) is 9.38 Å². The Morgan fingerprint density at radius 1 is 1.00 bits per heavy atom. The van der Waals surface area contributed by atoms with Crippen LogP contribution in [0.3, 0.4) is 0 Å². The number of allylic oxidation sites excluding steroid dienone is 1. The SMILES string of the molecule is O=[N+]([O-])c1cc(C(F)(F)F)c(Cl)cc1NC1=NC(C(F)(F)F)(C(F)(F)F)/C(=C(\F)C(F)(F)F)S1. The lowest BCUT2D eigenvalue weighted by molar-refractivity contribution is -0.384. The maximum absolute atomic E-state index is 13.7. The lowest BCUT2D eigenvalue weighted by Crippen LogP contribution is -2.55. The number of amidine groups is 1. The van der Waals surface area contributed by atoms with E-state index < -0.39 is 84.8 Å². The summed E-state index contributed by atoms with van der Waals surface area (Å²) in [5.41, 5.74) is -10.5. The minimum Gasteiger partial charge on any atom is -0.329 e. The van der Waals surface area contributed by atoms with Crippen molar-refractivity contribution in [3.05, 3.63) is 43.6 Å². The van der Waals surface area contributed by atoms with E-state index in [4.69, 9.17) is 11.6 Å². The molecule has 0 saturated carbocycles. The van der Waals surface area contributed by atoms with Gasteiger partial charge in [-0.2, -0.15) is 52.7 Å². The van der Waals surface area contributed by atoms with Crippen LogP contribution in [0, 0.1) is 10.1 Å². The molecule has 20 heteroatoms. The largest absolute Gasteiger partial charge is 0.443 e. The molecular weight excluding hydrogens is 557 g/mol. The Morgan fingerprint density at radius 3 is 1.88 bits per heavy atom. The van der Waals surface area contributed by atoms with E-state index in [-0.39, 0.29) is 12.1 Å². The first-order valence-electron chi connectivity index (χ1n) is 7.74. The second kappa shape index (κ2) is 8.35. The summed E-state index contributed by atoms with van der Waals surface area (Å²) in [6.07, 6.45) is -25.0. The molecule has 5 nitrogen and oxygen atoms in total. The number of nitrogens with one attached hydrogen (secondary N) is 1. The predicted molar refractivity (Wildman–Crippen MR) is 90.8 cm³/mol. The van der Waals surface area contributed by atoms with E-state index in [0.29, 0.717) is 0 Å². The number of nitrogens with zero attached hydrogens (tertiary/aromatic N) is 2. The standard InChI is InChI=1S/C14H3ClF13N3O2S/c15-4-2-5(6(31(32)33)1-3(4)11(17,18)19)29-9-30-10(13(23,24)25,14(26,27)28)8(34-9)7(16)12(20,21)22/h1-2H,(H,29,30)/b8-7+. The highest BCUT2D eigenvalue weighted by Crippen LogP contribution is 2.59. The van der Waals surface area contributed by atoms with Gasteiger partial charge in [0.05, 0.1) is 20.4 Å². The fraction of sp³-hybridized carbons (Fsp3) is 0.357. The lowest BCUT2D eigenvalue weighted by atomic mass is 9.97. The molecule has 0 radical (unpaired) electrons. The van der Waals surface area contributed by atoms with Gasteiger partial charge in [0.25, 0.3) is 11.2 Å². The number of hydrogen-bond donors (Lipinski definition) is 1. The summed E-state index contributed by atoms with van der Waals surface area (Å²) < 4.78 is 171. The summed E-state index contributed by atoms with van der Waals surface area (Å²) in [4.78, 5) is 8.61. The third-order valence-electron chi connectivity index (χ3n) is 3.89. The van der Waals surface area contributed by atoms with Gasteiger partial charge in [0.1, 0.15) is 5.69 Å². The number of hydrogen-bond acceptors (Lipinski definition) is 5. The van der Waals surface area contributed by atoms with Crippen molar-refractivity contribution in [2.75, 3.05) is 5.32 Å². The number of aliphatic imine (C=N–C) groups is 1. The van der Waals surface area contributed by atoms with Crippen molar-refractivity contribution in [3.63, 3.8) is 0 Å². The van der Waals surface area contributed by atoms with E-state index in [2.05, 4.69) is 4.99 Å². The molecule has 0 bridgehead atoms. The molecule has 0 spiro atoms. The Bertz CT molecular complexity index is 1060. The van der Waals surface area contributed by atoms with Crippen molar-refractivity contribution >= 4 is 39.9 Å². The number of benzene rings is 1. The fourth-order valence-electron chi connectivity index (χ4n) is 2.47. The molecule has 1 N–H and O–H groups in total. The zero-order valence-corrected chi connectivity index (χ0v) is 16.6. The van der Waals surface area contributed by atoms with Crippen LogP contribution >= 0.6 is 23.4 Å². The third kappa shape index (κ3) is 4.84. The highest BCUT2D eigenvalue weighted by Gasteiger charge is 2.77. The molecule has 0 amide bonds. The molecule has 0 atom stereocenters. The molecule has 1 heterocycles. The summed E-state index contributed by atoms with van der Waals surface area (Å²) in [6.45, 7) is 0. The average Bonchev–Trinajstić information content (AvgIpc) is 2.99. The van der Waals surface area contributed by atoms with Crippen molar-refractivity contribution < 1.29 is 62.0 Å². The van der Waals surface area contributed by atoms with E-state index in [1.165, 1.54) is 5.32 Å². The Hall–Kier alpha value is -2.44. The van der Waals surface area contributed by atoms with Crippen molar-refractivity contribution in [2.24, 2.45) is 4.99 Å². The normalized spacial score (nSPS) is 18.6. The molecule has 34 heavy (non-hydrogen) atoms. The van der Waals surface area contributed by atoms with Gasteiger partial charge < -0.3 is 5.32 Å². The Kier molecular flexibility index (Phi) is 6.83. The molecule has 0 aliphatic carbocycles. The van der Waals surface area contributed by atoms with Crippen LogP contribution in [0.15, 0.2) is 27.9 Å². The van der Waals surface area contributed by atoms with E-state index in [0.717, 1.165) is 0 Å². The van der Waals surface area contributed by atoms with Crippen LogP contribution in [0.2, 0.25) is 5.02 Å². The number of nitro benzene ring substituents is 1. The number of rotatable bonds is 2. The first kappa shape index (κ1) is 27.8. The van der Waals surface area contributed by atoms with Crippen LogP contribution in [0.1, 0.15) is 5.56 Å². The van der Waals surface area contributed by atoms with Gasteiger partial charge >= 0.3 is 24.7 Å². The lowest BCUT2D eigenvalue weighted by Gasteiger charge is -2.31. The van der Waals surface area contributed by atoms with E-state index in [9.17, 15) is 67.2 Å². The van der Waals surface area contributed by atoms with Gasteiger partial charge in [0, 0.05) is 6.07 Å². The molecule has 1 aliphatic rings. The van der Waals surface area contributed by atoms with Crippen molar-refractivity contribution in [2.45, 2.75) is 30.2 Å². The molecule has 190 valence electrons. The Labute approximate surface area is 186 Å². The second-order valence-corrected chi connectivity index (χ2v) is 7.50. The van der Waals surface area contributed by atoms with Crippen LogP contribution in [0.25, 0.3) is 0 Å². The van der Waals surface area contributed by atoms with Gasteiger partial charge in [-0.05, 0) is 6.07 Å². The highest BCUT2D eigenvalue weighted by molar-refractivity contribution is 8.17. The Morgan fingerprint density at radius 2 is 1.50 bits per heavy atom. The topological polar surface area (TPSA) is 67.5 Å². The number of alkyl halides is 12. The maximum atomic E-state index is 13.7. The zero-order valence-electron chi connectivity index (χ0n) is 15.1. The monoisotopic (exact) mass is 559 g/mol. The molecular formula is C14H3ClF13N3O2S. The molecule has 0 saturated heterocycles. The van der Waals surface area contributed by atoms with Gasteiger partial charge in [0.15, 0.2) is 5.17 Å². The summed E-state index contributed by atoms with van der Waals surface area (Å²) in [5.74, 6) is -3.81. The second-order valence-electron chi connectivity index (χ2n) is 6.09. The molecule has 1 aromatic rings. The quantitative estimate of drug-likeness (QED) is 0.233. The van der Waals surface area contributed by atoms with E-state index in [1.54, 1.807) is 0 Å². The van der Waals surface area contributed by atoms with Crippen molar-refractivity contribution in [1.82, 2.24) is 0 Å². The van der Waals surface area contributed by atoms with Gasteiger partial charge in [-0.15, -0.1) is 0 Å². The molecule has 2 rings (SSSR count). The van der Waals surface area contributed by atoms with E-state index >= 15 is 0 Å². The summed E-state index contributed by atoms with van der Waals surface area (Å²) >= 11 is 4.14. The van der Waals surface area contributed by atoms with Gasteiger partial charge in [0.2, 0.25) is 5.83 Å². The van der Waals surface area contributed by atoms with Gasteiger partial charge in [-0.3, -0.25) is 10.1 Å². The number of nitro groups is 1. The van der Waals surface area contributed by atoms with Gasteiger partial charge in [-0.1, -0.05) is 23.4 Å². The number of thioether (sulfide) groups is 1. The smallest absolute Gasteiger partial charge is 0.329 e. The fourth-order valence-corrected chi connectivity index (χ4v) is 3.91. The van der Waals surface area contributed by atoms with Crippen LogP contribution < -0.4 is 5.32 Å². The number of anilines is 1. The molecule has 0 fully saturated rings. The first-order valence-corrected chi connectivity index (χ1v) is 8.94. The van der Waals surface area contributed by atoms with Crippen molar-refractivity contribution in [3.8, 4) is 0 Å². The Balaban J connectivity index is 2.78. The maximum Gasteiger partial charge on any atom is 0.443 e. The third-order valence-corrected chi connectivity index (χ3v) is 5.27. The van der Waals surface area contributed by atoms with Crippen LogP contribution in [-0.2, 0) is 6.18 Å². The molecule has 1 aliphatic heterocycles. The first-order chi connectivity index (χ1) is 15.0. The summed E-state index contributed by atoms with van der Waals surface area (Å²) in [5, 5.41) is 9.34. The van der Waals surface area contributed by atoms with E-state index in [1.807, 2.05) is 0 Å². The van der Waals surface area contributed by atoms with Crippen LogP contribution in [0.4, 0.5) is 68.5 Å². The minimum atomic E-state index is -6.71. The average molecular weight is 560 g/mol. The zero-order chi connectivity index (χ0) is 26.7. The van der Waals surface area contributed by atoms with Crippen LogP contribution in [0.5, 0.6) is 0 Å².